The van der Waals surface area contributed by atoms with Crippen LogP contribution in [0.3, 0.4) is 0 Å². The average molecular weight is 494 g/mol. The first-order valence-electron chi connectivity index (χ1n) is 12.3. The predicted molar refractivity (Wildman–Crippen MR) is 138 cm³/mol. The minimum atomic E-state index is -0.435. The smallest absolute Gasteiger partial charge is 0.252 e. The van der Waals surface area contributed by atoms with Crippen LogP contribution in [0, 0.1) is 6.92 Å². The van der Waals surface area contributed by atoms with E-state index in [0.29, 0.717) is 17.9 Å². The van der Waals surface area contributed by atoms with Crippen molar-refractivity contribution in [2.24, 2.45) is 0 Å². The van der Waals surface area contributed by atoms with Gasteiger partial charge < -0.3 is 14.8 Å². The zero-order valence-electron chi connectivity index (χ0n) is 20.5. The molecular formula is C27H32FN3O3Si. The molecule has 1 aliphatic carbocycles. The van der Waals surface area contributed by atoms with Gasteiger partial charge in [0.25, 0.3) is 5.91 Å². The third-order valence-corrected chi connectivity index (χ3v) is 8.42. The number of aryl methyl sites for hydroxylation is 1. The Morgan fingerprint density at radius 2 is 2.11 bits per heavy atom. The van der Waals surface area contributed by atoms with Gasteiger partial charge in [-0.2, -0.15) is 0 Å². The number of aromatic nitrogens is 1. The summed E-state index contributed by atoms with van der Waals surface area (Å²) in [5, 5.41) is 4.34. The van der Waals surface area contributed by atoms with E-state index in [1.807, 2.05) is 49.4 Å². The minimum absolute atomic E-state index is 0.0549. The van der Waals surface area contributed by atoms with Gasteiger partial charge >= 0.3 is 0 Å². The fraction of sp³-hybridized carbons (Fsp3) is 0.407. The Labute approximate surface area is 208 Å². The number of hydrogen-bond acceptors (Lipinski definition) is 5. The summed E-state index contributed by atoms with van der Waals surface area (Å²) < 4.78 is 24.5. The summed E-state index contributed by atoms with van der Waals surface area (Å²) in [7, 11) is 2.47. The maximum atomic E-state index is 13.5. The molecule has 1 aromatic heterocycles. The number of hydrogen-bond donors (Lipinski definition) is 1. The van der Waals surface area contributed by atoms with Crippen LogP contribution in [0.2, 0.25) is 0 Å². The third kappa shape index (κ3) is 4.64. The molecule has 1 aliphatic heterocycles. The van der Waals surface area contributed by atoms with Crippen molar-refractivity contribution in [1.82, 2.24) is 15.2 Å². The van der Waals surface area contributed by atoms with Gasteiger partial charge in [-0.05, 0) is 61.6 Å². The number of benzene rings is 2. The van der Waals surface area contributed by atoms with Crippen molar-refractivity contribution >= 4 is 27.1 Å². The lowest BCUT2D eigenvalue weighted by atomic mass is 9.97. The van der Waals surface area contributed by atoms with Crippen LogP contribution >= 0.6 is 0 Å². The predicted octanol–water partition coefficient (Wildman–Crippen LogP) is 3.09. The van der Waals surface area contributed by atoms with Gasteiger partial charge in [0.15, 0.2) is 0 Å². The third-order valence-electron chi connectivity index (χ3n) is 7.42. The zero-order chi connectivity index (χ0) is 24.6. The molecule has 6 nitrogen and oxygen atoms in total. The number of rotatable bonds is 9. The lowest BCUT2D eigenvalue weighted by Crippen LogP contribution is -2.56. The van der Waals surface area contributed by atoms with E-state index in [1.54, 1.807) is 13.3 Å². The second kappa shape index (κ2) is 9.58. The number of alkyl halides is 1. The largest absolute Gasteiger partial charge is 0.497 e. The number of ether oxygens (including phenoxy) is 2. The lowest BCUT2D eigenvalue weighted by Gasteiger charge is -2.43. The van der Waals surface area contributed by atoms with Crippen molar-refractivity contribution in [2.75, 3.05) is 26.9 Å². The summed E-state index contributed by atoms with van der Waals surface area (Å²) >= 11 is 0. The molecule has 1 saturated heterocycles. The number of nitrogens with zero attached hydrogens (tertiary/aromatic N) is 2. The molecule has 1 saturated carbocycles. The summed E-state index contributed by atoms with van der Waals surface area (Å²) in [6.07, 6.45) is 4.52. The minimum Gasteiger partial charge on any atom is -0.497 e. The van der Waals surface area contributed by atoms with E-state index in [-0.39, 0.29) is 24.4 Å². The van der Waals surface area contributed by atoms with Crippen LogP contribution in [0.1, 0.15) is 40.7 Å². The molecule has 2 atom stereocenters. The number of likely N-dealkylation sites (tertiary alicyclic amines) is 1. The Balaban J connectivity index is 1.36. The van der Waals surface area contributed by atoms with Gasteiger partial charge in [0.05, 0.1) is 34.1 Å². The SMILES string of the molecule is COc1cc(C2(NC(=O)c3cc(O[C@@H]([SiH3])[C@@H]4CCN4CCF)ccc3C)CC2)c2cccnc2c1. The summed E-state index contributed by atoms with van der Waals surface area (Å²) in [6.45, 7) is 3.00. The van der Waals surface area contributed by atoms with Crippen molar-refractivity contribution in [3.63, 3.8) is 0 Å². The van der Waals surface area contributed by atoms with Crippen LogP contribution in [0.25, 0.3) is 10.9 Å². The molecule has 0 spiro atoms. The van der Waals surface area contributed by atoms with Crippen LogP contribution in [-0.2, 0) is 5.54 Å². The number of amides is 1. The highest BCUT2D eigenvalue weighted by atomic mass is 28.1. The first-order chi connectivity index (χ1) is 16.9. The van der Waals surface area contributed by atoms with Crippen molar-refractivity contribution in [3.05, 3.63) is 65.4 Å². The second-order valence-corrected chi connectivity index (χ2v) is 10.8. The van der Waals surface area contributed by atoms with Crippen molar-refractivity contribution in [3.8, 4) is 11.5 Å². The van der Waals surface area contributed by atoms with Gasteiger partial charge in [-0.3, -0.25) is 14.7 Å². The molecule has 35 heavy (non-hydrogen) atoms. The van der Waals surface area contributed by atoms with E-state index < -0.39 is 5.54 Å². The highest BCUT2D eigenvalue weighted by Gasteiger charge is 2.47. The summed E-state index contributed by atoms with van der Waals surface area (Å²) in [6, 6.07) is 13.9. The Morgan fingerprint density at radius 1 is 1.29 bits per heavy atom. The van der Waals surface area contributed by atoms with E-state index in [4.69, 9.17) is 9.47 Å². The molecule has 2 fully saturated rings. The fourth-order valence-corrected chi connectivity index (χ4v) is 6.16. The van der Waals surface area contributed by atoms with Crippen LogP contribution < -0.4 is 14.8 Å². The van der Waals surface area contributed by atoms with Crippen molar-refractivity contribution in [1.29, 1.82) is 0 Å². The molecule has 0 radical (unpaired) electrons. The van der Waals surface area contributed by atoms with E-state index in [1.165, 1.54) is 0 Å². The van der Waals surface area contributed by atoms with E-state index in [9.17, 15) is 9.18 Å². The Hall–Kier alpha value is -2.97. The lowest BCUT2D eigenvalue weighted by molar-refractivity contribution is 0.0285. The molecule has 1 N–H and O–H groups in total. The number of methoxy groups -OCH3 is 1. The quantitative estimate of drug-likeness (QED) is 0.464. The molecule has 2 heterocycles. The van der Waals surface area contributed by atoms with Gasteiger partial charge in [0.2, 0.25) is 0 Å². The highest BCUT2D eigenvalue weighted by Crippen LogP contribution is 2.49. The summed E-state index contributed by atoms with van der Waals surface area (Å²) in [5.41, 5.74) is 3.02. The molecule has 8 heteroatoms. The molecule has 0 bridgehead atoms. The Bertz CT molecular complexity index is 1250. The summed E-state index contributed by atoms with van der Waals surface area (Å²) in [5.74, 6) is 1.31. The molecular weight excluding hydrogens is 461 g/mol. The number of carbonyl (C=O) groups excluding carboxylic acids is 1. The number of halogens is 1. The number of pyridine rings is 1. The Kier molecular flexibility index (Phi) is 6.50. The fourth-order valence-electron chi connectivity index (χ4n) is 5.13. The molecule has 184 valence electrons. The topological polar surface area (TPSA) is 63.7 Å². The summed E-state index contributed by atoms with van der Waals surface area (Å²) in [4.78, 5) is 20.1. The molecule has 2 aliphatic rings. The van der Waals surface area contributed by atoms with Gasteiger partial charge in [-0.15, -0.1) is 0 Å². The van der Waals surface area contributed by atoms with Crippen LogP contribution in [-0.4, -0.2) is 64.7 Å². The molecule has 0 unspecified atom stereocenters. The van der Waals surface area contributed by atoms with Gasteiger partial charge in [-0.25, -0.2) is 4.39 Å². The molecule has 1 amide bonds. The maximum Gasteiger partial charge on any atom is 0.252 e. The molecule has 3 aromatic rings. The number of nitrogens with one attached hydrogen (secondary N) is 1. The first-order valence-corrected chi connectivity index (χ1v) is 13.4. The average Bonchev–Trinajstić information content (AvgIpc) is 3.62. The van der Waals surface area contributed by atoms with E-state index >= 15 is 0 Å². The highest BCUT2D eigenvalue weighted by molar-refractivity contribution is 6.11. The van der Waals surface area contributed by atoms with Crippen LogP contribution in [0.5, 0.6) is 11.5 Å². The zero-order valence-corrected chi connectivity index (χ0v) is 22.5. The standard InChI is InChI=1S/C27H32FN3O3Si/c1-17-5-6-18(34-26(35)24-7-12-31(24)13-10-28)14-21(17)25(32)30-27(8-9-27)22-15-19(33-2)16-23-20(22)4-3-11-29-23/h3-6,11,14-16,24,26H,7-10,12-13H2,1-2,35H3,(H,30,32)/t24-,26-/m0/s1. The van der Waals surface area contributed by atoms with E-state index in [2.05, 4.69) is 15.2 Å². The number of carbonyl (C=O) groups is 1. The monoisotopic (exact) mass is 493 g/mol. The van der Waals surface area contributed by atoms with Gasteiger partial charge in [-0.1, -0.05) is 12.1 Å². The van der Waals surface area contributed by atoms with Crippen LogP contribution in [0.4, 0.5) is 4.39 Å². The van der Waals surface area contributed by atoms with E-state index in [0.717, 1.165) is 63.8 Å². The van der Waals surface area contributed by atoms with Gasteiger partial charge in [0.1, 0.15) is 18.2 Å². The molecule has 5 rings (SSSR count). The normalized spacial score (nSPS) is 19.7. The molecule has 2 aromatic carbocycles. The Morgan fingerprint density at radius 3 is 2.80 bits per heavy atom. The van der Waals surface area contributed by atoms with Gasteiger partial charge in [0, 0.05) is 42.3 Å². The first kappa shape index (κ1) is 23.8. The van der Waals surface area contributed by atoms with Crippen LogP contribution in [0.15, 0.2) is 48.7 Å². The number of fused-ring (bicyclic) bond motifs is 1. The van der Waals surface area contributed by atoms with Crippen molar-refractivity contribution < 1.29 is 18.7 Å². The second-order valence-electron chi connectivity index (χ2n) is 9.66. The maximum absolute atomic E-state index is 13.5. The van der Waals surface area contributed by atoms with Crippen molar-refractivity contribution in [2.45, 2.75) is 43.5 Å².